The molecule has 1 fully saturated rings. The SMILES string of the molecule is CC1CN(c2nc3ccccn3c2CBr)CC(C)N1C. The Bertz CT molecular complexity index is 597. The maximum Gasteiger partial charge on any atom is 0.152 e. The van der Waals surface area contributed by atoms with E-state index in [1.807, 2.05) is 6.07 Å². The van der Waals surface area contributed by atoms with Gasteiger partial charge in [-0.25, -0.2) is 4.98 Å². The molecule has 3 rings (SSSR count). The summed E-state index contributed by atoms with van der Waals surface area (Å²) in [6, 6.07) is 7.26. The number of alkyl halides is 1. The van der Waals surface area contributed by atoms with E-state index in [0.717, 1.165) is 29.9 Å². The van der Waals surface area contributed by atoms with Crippen molar-refractivity contribution in [3.8, 4) is 0 Å². The molecular formula is C15H21BrN4. The van der Waals surface area contributed by atoms with Gasteiger partial charge in [0.1, 0.15) is 5.65 Å². The number of likely N-dealkylation sites (N-methyl/N-ethyl adjacent to an activating group) is 1. The van der Waals surface area contributed by atoms with E-state index in [4.69, 9.17) is 4.98 Å². The molecule has 4 nitrogen and oxygen atoms in total. The number of nitrogens with zero attached hydrogens (tertiary/aromatic N) is 4. The van der Waals surface area contributed by atoms with Crippen LogP contribution in [0.3, 0.4) is 0 Å². The average molecular weight is 337 g/mol. The molecule has 0 bridgehead atoms. The molecule has 0 radical (unpaired) electrons. The van der Waals surface area contributed by atoms with E-state index in [1.165, 1.54) is 5.69 Å². The maximum atomic E-state index is 4.84. The molecule has 2 aromatic heterocycles. The highest BCUT2D eigenvalue weighted by molar-refractivity contribution is 9.08. The monoisotopic (exact) mass is 336 g/mol. The Labute approximate surface area is 128 Å². The van der Waals surface area contributed by atoms with Crippen molar-refractivity contribution in [2.75, 3.05) is 25.0 Å². The molecule has 20 heavy (non-hydrogen) atoms. The number of imidazole rings is 1. The molecule has 2 atom stereocenters. The van der Waals surface area contributed by atoms with Gasteiger partial charge in [0.15, 0.2) is 5.82 Å². The van der Waals surface area contributed by atoms with Crippen LogP contribution in [0.4, 0.5) is 5.82 Å². The van der Waals surface area contributed by atoms with Crippen molar-refractivity contribution >= 4 is 27.4 Å². The molecule has 2 aromatic rings. The van der Waals surface area contributed by atoms with Gasteiger partial charge in [-0.05, 0) is 33.0 Å². The number of rotatable bonds is 2. The first-order valence-electron chi connectivity index (χ1n) is 7.10. The van der Waals surface area contributed by atoms with Gasteiger partial charge in [0, 0.05) is 36.7 Å². The van der Waals surface area contributed by atoms with Crippen molar-refractivity contribution in [2.45, 2.75) is 31.3 Å². The van der Waals surface area contributed by atoms with Crippen LogP contribution in [0.25, 0.3) is 5.65 Å². The van der Waals surface area contributed by atoms with Gasteiger partial charge in [-0.1, -0.05) is 22.0 Å². The first-order valence-corrected chi connectivity index (χ1v) is 8.22. The molecule has 1 saturated heterocycles. The van der Waals surface area contributed by atoms with Gasteiger partial charge in [0.2, 0.25) is 0 Å². The number of halogens is 1. The molecule has 1 aliphatic heterocycles. The first kappa shape index (κ1) is 13.9. The third kappa shape index (κ3) is 2.23. The lowest BCUT2D eigenvalue weighted by Gasteiger charge is -2.42. The number of piperazine rings is 1. The van der Waals surface area contributed by atoms with Crippen LogP contribution in [-0.4, -0.2) is 46.5 Å². The highest BCUT2D eigenvalue weighted by Gasteiger charge is 2.29. The summed E-state index contributed by atoms with van der Waals surface area (Å²) in [6.07, 6.45) is 2.09. The molecule has 1 aliphatic rings. The van der Waals surface area contributed by atoms with E-state index in [-0.39, 0.29) is 0 Å². The minimum Gasteiger partial charge on any atom is -0.352 e. The van der Waals surface area contributed by atoms with E-state index >= 15 is 0 Å². The third-order valence-corrected chi connectivity index (χ3v) is 4.92. The number of hydrogen-bond donors (Lipinski definition) is 0. The first-order chi connectivity index (χ1) is 9.61. The van der Waals surface area contributed by atoms with Crippen LogP contribution in [-0.2, 0) is 5.33 Å². The smallest absolute Gasteiger partial charge is 0.152 e. The summed E-state index contributed by atoms with van der Waals surface area (Å²) < 4.78 is 2.18. The maximum absolute atomic E-state index is 4.84. The fourth-order valence-corrected chi connectivity index (χ4v) is 3.51. The van der Waals surface area contributed by atoms with Crippen molar-refractivity contribution in [3.05, 3.63) is 30.1 Å². The van der Waals surface area contributed by atoms with Crippen LogP contribution in [0.2, 0.25) is 0 Å². The van der Waals surface area contributed by atoms with Gasteiger partial charge in [-0.2, -0.15) is 0 Å². The molecule has 0 saturated carbocycles. The minimum atomic E-state index is 0.548. The van der Waals surface area contributed by atoms with E-state index in [2.05, 4.69) is 69.4 Å². The average Bonchev–Trinajstić information content (AvgIpc) is 2.82. The number of pyridine rings is 1. The second kappa shape index (κ2) is 5.37. The lowest BCUT2D eigenvalue weighted by molar-refractivity contribution is 0.169. The Kier molecular flexibility index (Phi) is 3.73. The molecular weight excluding hydrogens is 316 g/mol. The Morgan fingerprint density at radius 3 is 2.60 bits per heavy atom. The summed E-state index contributed by atoms with van der Waals surface area (Å²) in [7, 11) is 2.21. The Hall–Kier alpha value is -1.07. The fraction of sp³-hybridized carbons (Fsp3) is 0.533. The largest absolute Gasteiger partial charge is 0.352 e. The van der Waals surface area contributed by atoms with Gasteiger partial charge >= 0.3 is 0 Å². The molecule has 0 N–H and O–H groups in total. The summed E-state index contributed by atoms with van der Waals surface area (Å²) >= 11 is 3.62. The van der Waals surface area contributed by atoms with Gasteiger partial charge in [0.05, 0.1) is 5.69 Å². The second-order valence-electron chi connectivity index (χ2n) is 5.71. The quantitative estimate of drug-likeness (QED) is 0.788. The molecule has 0 aromatic carbocycles. The predicted octanol–water partition coefficient (Wildman–Crippen LogP) is 2.76. The zero-order chi connectivity index (χ0) is 14.3. The summed E-state index contributed by atoms with van der Waals surface area (Å²) in [5, 5.41) is 0.822. The Morgan fingerprint density at radius 1 is 1.25 bits per heavy atom. The lowest BCUT2D eigenvalue weighted by Crippen LogP contribution is -2.55. The van der Waals surface area contributed by atoms with Crippen molar-refractivity contribution in [1.29, 1.82) is 0 Å². The zero-order valence-corrected chi connectivity index (χ0v) is 13.8. The van der Waals surface area contributed by atoms with Crippen LogP contribution in [0.15, 0.2) is 24.4 Å². The molecule has 3 heterocycles. The van der Waals surface area contributed by atoms with Crippen LogP contribution >= 0.6 is 15.9 Å². The number of hydrogen-bond acceptors (Lipinski definition) is 3. The highest BCUT2D eigenvalue weighted by atomic mass is 79.9. The van der Waals surface area contributed by atoms with E-state index < -0.39 is 0 Å². The molecule has 0 spiro atoms. The van der Waals surface area contributed by atoms with E-state index in [1.54, 1.807) is 0 Å². The third-order valence-electron chi connectivity index (χ3n) is 4.39. The van der Waals surface area contributed by atoms with Crippen molar-refractivity contribution in [2.24, 2.45) is 0 Å². The summed E-state index contributed by atoms with van der Waals surface area (Å²) in [6.45, 7) is 6.63. The van der Waals surface area contributed by atoms with Gasteiger partial charge in [-0.3, -0.25) is 4.90 Å². The molecule has 5 heteroatoms. The number of aromatic nitrogens is 2. The van der Waals surface area contributed by atoms with Crippen molar-refractivity contribution in [3.63, 3.8) is 0 Å². The highest BCUT2D eigenvalue weighted by Crippen LogP contribution is 2.27. The summed E-state index contributed by atoms with van der Waals surface area (Å²) in [5.41, 5.74) is 2.26. The van der Waals surface area contributed by atoms with Gasteiger partial charge < -0.3 is 9.30 Å². The van der Waals surface area contributed by atoms with Crippen LogP contribution in [0, 0.1) is 0 Å². The van der Waals surface area contributed by atoms with Crippen molar-refractivity contribution in [1.82, 2.24) is 14.3 Å². The topological polar surface area (TPSA) is 23.8 Å². The van der Waals surface area contributed by atoms with Crippen LogP contribution in [0.1, 0.15) is 19.5 Å². The Morgan fingerprint density at radius 2 is 1.95 bits per heavy atom. The summed E-state index contributed by atoms with van der Waals surface area (Å²) in [4.78, 5) is 9.72. The summed E-state index contributed by atoms with van der Waals surface area (Å²) in [5.74, 6) is 1.12. The fourth-order valence-electron chi connectivity index (χ4n) is 2.99. The molecule has 108 valence electrons. The molecule has 0 aliphatic carbocycles. The Balaban J connectivity index is 2.01. The number of anilines is 1. The molecule has 0 amide bonds. The van der Waals surface area contributed by atoms with E-state index in [9.17, 15) is 0 Å². The zero-order valence-electron chi connectivity index (χ0n) is 12.3. The predicted molar refractivity (Wildman–Crippen MR) is 86.7 cm³/mol. The van der Waals surface area contributed by atoms with Gasteiger partial charge in [-0.15, -0.1) is 0 Å². The van der Waals surface area contributed by atoms with Crippen molar-refractivity contribution < 1.29 is 0 Å². The van der Waals surface area contributed by atoms with Crippen LogP contribution < -0.4 is 4.90 Å². The number of fused-ring (bicyclic) bond motifs is 1. The minimum absolute atomic E-state index is 0.548. The normalized spacial score (nSPS) is 24.5. The van der Waals surface area contributed by atoms with Crippen LogP contribution in [0.5, 0.6) is 0 Å². The molecule has 2 unspecified atom stereocenters. The standard InChI is InChI=1S/C15H21BrN4/c1-11-9-19(10-12(2)18(11)3)15-13(8-16)20-7-5-4-6-14(20)17-15/h4-7,11-12H,8-10H2,1-3H3. The van der Waals surface area contributed by atoms with Gasteiger partial charge in [0.25, 0.3) is 0 Å². The lowest BCUT2D eigenvalue weighted by atomic mass is 10.1. The van der Waals surface area contributed by atoms with E-state index in [0.29, 0.717) is 12.1 Å². The second-order valence-corrected chi connectivity index (χ2v) is 6.27.